The summed E-state index contributed by atoms with van der Waals surface area (Å²) < 4.78 is 6.60. The molecule has 30 heavy (non-hydrogen) atoms. The largest absolute Gasteiger partial charge is 0.484 e. The van der Waals surface area contributed by atoms with Crippen molar-refractivity contribution in [3.63, 3.8) is 0 Å². The SMILES string of the molecule is CC[C@H](C)NC(=O)[C@H](CC)N(Cc1ccccc1Cl)C(=O)COc1ccc(Br)cc1. The van der Waals surface area contributed by atoms with E-state index in [0.29, 0.717) is 17.2 Å². The molecule has 0 spiro atoms. The second-order valence-electron chi connectivity index (χ2n) is 7.10. The highest BCUT2D eigenvalue weighted by Gasteiger charge is 2.29. The molecule has 0 aliphatic heterocycles. The Balaban J connectivity index is 2.21. The Kier molecular flexibility index (Phi) is 9.66. The van der Waals surface area contributed by atoms with Crippen LogP contribution in [0.1, 0.15) is 39.2 Å². The molecule has 162 valence electrons. The minimum atomic E-state index is -0.615. The first kappa shape index (κ1) is 24.2. The van der Waals surface area contributed by atoms with Gasteiger partial charge in [-0.1, -0.05) is 59.6 Å². The molecule has 0 radical (unpaired) electrons. The first-order valence-electron chi connectivity index (χ1n) is 10.1. The Morgan fingerprint density at radius 1 is 1.10 bits per heavy atom. The van der Waals surface area contributed by atoms with E-state index in [1.807, 2.05) is 51.1 Å². The molecule has 1 N–H and O–H groups in total. The Morgan fingerprint density at radius 3 is 2.37 bits per heavy atom. The van der Waals surface area contributed by atoms with Crippen LogP contribution in [0.25, 0.3) is 0 Å². The average Bonchev–Trinajstić information content (AvgIpc) is 2.74. The molecule has 0 aliphatic rings. The van der Waals surface area contributed by atoms with Gasteiger partial charge in [-0.3, -0.25) is 9.59 Å². The van der Waals surface area contributed by atoms with Gasteiger partial charge in [-0.15, -0.1) is 0 Å². The van der Waals surface area contributed by atoms with Crippen molar-refractivity contribution in [1.82, 2.24) is 10.2 Å². The van der Waals surface area contributed by atoms with E-state index in [4.69, 9.17) is 16.3 Å². The number of ether oxygens (including phenoxy) is 1. The lowest BCUT2D eigenvalue weighted by molar-refractivity contribution is -0.143. The van der Waals surface area contributed by atoms with Crippen LogP contribution in [0.15, 0.2) is 53.0 Å². The standard InChI is InChI=1S/C23H28BrClN2O3/c1-4-16(3)26-23(29)21(5-2)27(14-17-8-6-7-9-20(17)25)22(28)15-30-19-12-10-18(24)11-13-19/h6-13,16,21H,4-5,14-15H2,1-3H3,(H,26,29)/t16-,21-/m0/s1. The summed E-state index contributed by atoms with van der Waals surface area (Å²) in [5, 5.41) is 3.54. The summed E-state index contributed by atoms with van der Waals surface area (Å²) in [6.45, 7) is 5.91. The number of hydrogen-bond donors (Lipinski definition) is 1. The van der Waals surface area contributed by atoms with Gasteiger partial charge in [-0.2, -0.15) is 0 Å². The molecule has 2 atom stereocenters. The highest BCUT2D eigenvalue weighted by atomic mass is 79.9. The van der Waals surface area contributed by atoms with Crippen molar-refractivity contribution in [3.8, 4) is 5.75 Å². The molecule has 2 aromatic rings. The van der Waals surface area contributed by atoms with Gasteiger partial charge in [0.25, 0.3) is 5.91 Å². The van der Waals surface area contributed by atoms with Crippen molar-refractivity contribution in [2.75, 3.05) is 6.61 Å². The van der Waals surface area contributed by atoms with E-state index in [0.717, 1.165) is 16.5 Å². The van der Waals surface area contributed by atoms with E-state index in [2.05, 4.69) is 21.2 Å². The van der Waals surface area contributed by atoms with Crippen LogP contribution in [0.3, 0.4) is 0 Å². The quantitative estimate of drug-likeness (QED) is 0.493. The summed E-state index contributed by atoms with van der Waals surface area (Å²) in [5.41, 5.74) is 0.783. The minimum Gasteiger partial charge on any atom is -0.484 e. The highest BCUT2D eigenvalue weighted by Crippen LogP contribution is 2.21. The molecule has 7 heteroatoms. The fourth-order valence-electron chi connectivity index (χ4n) is 2.93. The molecule has 2 amide bonds. The van der Waals surface area contributed by atoms with Gasteiger partial charge in [-0.25, -0.2) is 0 Å². The molecular formula is C23H28BrClN2O3. The van der Waals surface area contributed by atoms with Crippen LogP contribution in [0, 0.1) is 0 Å². The number of nitrogens with one attached hydrogen (secondary N) is 1. The molecule has 0 unspecified atom stereocenters. The van der Waals surface area contributed by atoms with Gasteiger partial charge in [0.2, 0.25) is 5.91 Å². The maximum Gasteiger partial charge on any atom is 0.261 e. The molecule has 0 aromatic heterocycles. The number of amides is 2. The van der Waals surface area contributed by atoms with E-state index in [9.17, 15) is 9.59 Å². The topological polar surface area (TPSA) is 58.6 Å². The predicted molar refractivity (Wildman–Crippen MR) is 124 cm³/mol. The Morgan fingerprint density at radius 2 is 1.77 bits per heavy atom. The molecule has 0 fully saturated rings. The average molecular weight is 496 g/mol. The maximum atomic E-state index is 13.1. The van der Waals surface area contributed by atoms with E-state index in [1.54, 1.807) is 23.1 Å². The lowest BCUT2D eigenvalue weighted by atomic mass is 10.1. The fourth-order valence-corrected chi connectivity index (χ4v) is 3.39. The summed E-state index contributed by atoms with van der Waals surface area (Å²) in [7, 11) is 0. The normalized spacial score (nSPS) is 12.7. The van der Waals surface area contributed by atoms with Crippen LogP contribution in [0.5, 0.6) is 5.75 Å². The predicted octanol–water partition coefficient (Wildman–Crippen LogP) is 5.20. The molecule has 0 saturated heterocycles. The molecule has 0 heterocycles. The summed E-state index contributed by atoms with van der Waals surface area (Å²) in [6.07, 6.45) is 1.30. The van der Waals surface area contributed by atoms with Gasteiger partial charge in [0.05, 0.1) is 0 Å². The lowest BCUT2D eigenvalue weighted by Gasteiger charge is -2.31. The van der Waals surface area contributed by atoms with Crippen molar-refractivity contribution >= 4 is 39.3 Å². The zero-order valence-corrected chi connectivity index (χ0v) is 19.9. The van der Waals surface area contributed by atoms with E-state index in [-0.39, 0.29) is 31.0 Å². The first-order chi connectivity index (χ1) is 14.3. The van der Waals surface area contributed by atoms with Gasteiger partial charge in [-0.05, 0) is 55.7 Å². The van der Waals surface area contributed by atoms with Crippen LogP contribution in [-0.4, -0.2) is 35.4 Å². The summed E-state index contributed by atoms with van der Waals surface area (Å²) in [6, 6.07) is 14.0. The van der Waals surface area contributed by atoms with E-state index in [1.165, 1.54) is 0 Å². The first-order valence-corrected chi connectivity index (χ1v) is 11.2. The van der Waals surface area contributed by atoms with Gasteiger partial charge >= 0.3 is 0 Å². The fraction of sp³-hybridized carbons (Fsp3) is 0.391. The zero-order valence-electron chi connectivity index (χ0n) is 17.5. The molecule has 2 rings (SSSR count). The van der Waals surface area contributed by atoms with Crippen LogP contribution < -0.4 is 10.1 Å². The van der Waals surface area contributed by atoms with Gasteiger partial charge in [0, 0.05) is 22.1 Å². The number of benzene rings is 2. The lowest BCUT2D eigenvalue weighted by Crippen LogP contribution is -2.51. The molecule has 0 aliphatic carbocycles. The van der Waals surface area contributed by atoms with Gasteiger partial charge < -0.3 is 15.0 Å². The molecular weight excluding hydrogens is 468 g/mol. The second-order valence-corrected chi connectivity index (χ2v) is 8.42. The Labute approximate surface area is 191 Å². The Bertz CT molecular complexity index is 845. The molecule has 2 aromatic carbocycles. The number of rotatable bonds is 10. The van der Waals surface area contributed by atoms with Crippen LogP contribution in [-0.2, 0) is 16.1 Å². The van der Waals surface area contributed by atoms with Gasteiger partial charge in [0.15, 0.2) is 6.61 Å². The highest BCUT2D eigenvalue weighted by molar-refractivity contribution is 9.10. The number of nitrogens with zero attached hydrogens (tertiary/aromatic N) is 1. The molecule has 0 saturated carbocycles. The third kappa shape index (κ3) is 7.03. The number of carbonyl (C=O) groups excluding carboxylic acids is 2. The Hall–Kier alpha value is -2.05. The van der Waals surface area contributed by atoms with Crippen LogP contribution >= 0.6 is 27.5 Å². The zero-order chi connectivity index (χ0) is 22.1. The third-order valence-electron chi connectivity index (χ3n) is 4.86. The van der Waals surface area contributed by atoms with Crippen molar-refractivity contribution in [2.24, 2.45) is 0 Å². The third-order valence-corrected chi connectivity index (χ3v) is 5.76. The number of carbonyl (C=O) groups is 2. The summed E-state index contributed by atoms with van der Waals surface area (Å²) >= 11 is 9.70. The van der Waals surface area contributed by atoms with Crippen molar-refractivity contribution in [2.45, 2.75) is 52.2 Å². The maximum absolute atomic E-state index is 13.1. The smallest absolute Gasteiger partial charge is 0.261 e. The van der Waals surface area contributed by atoms with Crippen LogP contribution in [0.2, 0.25) is 5.02 Å². The second kappa shape index (κ2) is 12.0. The van der Waals surface area contributed by atoms with Gasteiger partial charge in [0.1, 0.15) is 11.8 Å². The monoisotopic (exact) mass is 494 g/mol. The number of hydrogen-bond acceptors (Lipinski definition) is 3. The summed E-state index contributed by atoms with van der Waals surface area (Å²) in [5.74, 6) is 0.140. The molecule has 0 bridgehead atoms. The van der Waals surface area contributed by atoms with Crippen molar-refractivity contribution < 1.29 is 14.3 Å². The van der Waals surface area contributed by atoms with E-state index < -0.39 is 6.04 Å². The minimum absolute atomic E-state index is 0.0304. The summed E-state index contributed by atoms with van der Waals surface area (Å²) in [4.78, 5) is 27.6. The van der Waals surface area contributed by atoms with E-state index >= 15 is 0 Å². The number of halogens is 2. The van der Waals surface area contributed by atoms with Crippen molar-refractivity contribution in [3.05, 3.63) is 63.6 Å². The molecule has 5 nitrogen and oxygen atoms in total. The van der Waals surface area contributed by atoms with Crippen LogP contribution in [0.4, 0.5) is 0 Å². The van der Waals surface area contributed by atoms with Crippen molar-refractivity contribution in [1.29, 1.82) is 0 Å².